The molecule has 0 saturated carbocycles. The normalized spacial score (nSPS) is 34.4. The van der Waals surface area contributed by atoms with Crippen LogP contribution in [-0.2, 0) is 0 Å². The van der Waals surface area contributed by atoms with Gasteiger partial charge in [-0.1, -0.05) is 18.2 Å². The summed E-state index contributed by atoms with van der Waals surface area (Å²) in [7, 11) is 0. The minimum Gasteiger partial charge on any atom is -0.369 e. The standard InChI is InChI=1S/C17H25N3/c1-2-4-16(5-3-1)19-8-10-20(11-9-19)17-12-14-6-7-15(13-17)18-14/h1-5,14-15,17-18H,6-13H2. The molecule has 20 heavy (non-hydrogen) atoms. The van der Waals surface area contributed by atoms with Crippen LogP contribution < -0.4 is 10.2 Å². The lowest BCUT2D eigenvalue weighted by atomic mass is 9.97. The molecule has 0 aromatic heterocycles. The van der Waals surface area contributed by atoms with E-state index >= 15 is 0 Å². The van der Waals surface area contributed by atoms with E-state index in [-0.39, 0.29) is 0 Å². The summed E-state index contributed by atoms with van der Waals surface area (Å²) in [5.41, 5.74) is 1.39. The molecule has 3 fully saturated rings. The van der Waals surface area contributed by atoms with Gasteiger partial charge in [0.25, 0.3) is 0 Å². The third-order valence-corrected chi connectivity index (χ3v) is 5.40. The van der Waals surface area contributed by atoms with Crippen molar-refractivity contribution in [3.05, 3.63) is 30.3 Å². The van der Waals surface area contributed by atoms with E-state index in [9.17, 15) is 0 Å². The Hall–Kier alpha value is -1.06. The summed E-state index contributed by atoms with van der Waals surface area (Å²) in [5, 5.41) is 3.76. The molecule has 3 aliphatic heterocycles. The summed E-state index contributed by atoms with van der Waals surface area (Å²) in [6, 6.07) is 13.3. The second-order valence-electron chi connectivity index (χ2n) is 6.62. The predicted molar refractivity (Wildman–Crippen MR) is 83.2 cm³/mol. The van der Waals surface area contributed by atoms with Crippen molar-refractivity contribution in [2.24, 2.45) is 0 Å². The van der Waals surface area contributed by atoms with Gasteiger partial charge in [0.2, 0.25) is 0 Å². The monoisotopic (exact) mass is 271 g/mol. The van der Waals surface area contributed by atoms with Crippen molar-refractivity contribution in [3.63, 3.8) is 0 Å². The third-order valence-electron chi connectivity index (χ3n) is 5.40. The molecular weight excluding hydrogens is 246 g/mol. The minimum atomic E-state index is 0.811. The molecule has 108 valence electrons. The Morgan fingerprint density at radius 2 is 1.50 bits per heavy atom. The number of fused-ring (bicyclic) bond motifs is 2. The molecule has 2 unspecified atom stereocenters. The molecule has 3 aliphatic rings. The first kappa shape index (κ1) is 12.7. The molecule has 0 amide bonds. The van der Waals surface area contributed by atoms with Crippen LogP contribution in [0.3, 0.4) is 0 Å². The highest BCUT2D eigenvalue weighted by Crippen LogP contribution is 2.30. The molecule has 1 N–H and O–H groups in total. The van der Waals surface area contributed by atoms with Gasteiger partial charge in [-0.3, -0.25) is 4.90 Å². The first-order chi connectivity index (χ1) is 9.88. The average molecular weight is 271 g/mol. The van der Waals surface area contributed by atoms with Crippen LogP contribution in [0.15, 0.2) is 30.3 Å². The Balaban J connectivity index is 1.35. The Kier molecular flexibility index (Phi) is 3.41. The smallest absolute Gasteiger partial charge is 0.0367 e. The maximum Gasteiger partial charge on any atom is 0.0367 e. The Morgan fingerprint density at radius 1 is 0.850 bits per heavy atom. The SMILES string of the molecule is c1ccc(N2CCN(C3CC4CCC(C3)N4)CC2)cc1. The number of benzene rings is 1. The van der Waals surface area contributed by atoms with Crippen molar-refractivity contribution in [2.45, 2.75) is 43.8 Å². The molecule has 0 spiro atoms. The highest BCUT2D eigenvalue weighted by atomic mass is 15.3. The van der Waals surface area contributed by atoms with E-state index in [1.807, 2.05) is 0 Å². The molecule has 1 aromatic rings. The summed E-state index contributed by atoms with van der Waals surface area (Å²) in [4.78, 5) is 5.29. The van der Waals surface area contributed by atoms with Crippen LogP contribution in [0.1, 0.15) is 25.7 Å². The molecule has 3 heterocycles. The molecule has 0 radical (unpaired) electrons. The maximum absolute atomic E-state index is 3.76. The van der Waals surface area contributed by atoms with Gasteiger partial charge in [-0.05, 0) is 37.8 Å². The van der Waals surface area contributed by atoms with Crippen LogP contribution in [0.2, 0.25) is 0 Å². The number of piperidine rings is 1. The van der Waals surface area contributed by atoms with Gasteiger partial charge in [0.15, 0.2) is 0 Å². The van der Waals surface area contributed by atoms with Crippen LogP contribution in [0.4, 0.5) is 5.69 Å². The van der Waals surface area contributed by atoms with Gasteiger partial charge in [-0.15, -0.1) is 0 Å². The number of rotatable bonds is 2. The molecule has 3 saturated heterocycles. The van der Waals surface area contributed by atoms with Gasteiger partial charge < -0.3 is 10.2 Å². The van der Waals surface area contributed by atoms with Gasteiger partial charge in [-0.25, -0.2) is 0 Å². The number of hydrogen-bond acceptors (Lipinski definition) is 3. The number of hydrogen-bond donors (Lipinski definition) is 1. The van der Waals surface area contributed by atoms with E-state index in [0.29, 0.717) is 0 Å². The zero-order valence-corrected chi connectivity index (χ0v) is 12.2. The Bertz CT molecular complexity index is 427. The van der Waals surface area contributed by atoms with E-state index in [4.69, 9.17) is 0 Å². The summed E-state index contributed by atoms with van der Waals surface area (Å²) < 4.78 is 0. The van der Waals surface area contributed by atoms with E-state index in [0.717, 1.165) is 18.1 Å². The Labute approximate surface area is 121 Å². The largest absolute Gasteiger partial charge is 0.369 e. The fraction of sp³-hybridized carbons (Fsp3) is 0.647. The van der Waals surface area contributed by atoms with E-state index in [1.54, 1.807) is 0 Å². The first-order valence-corrected chi connectivity index (χ1v) is 8.18. The van der Waals surface area contributed by atoms with Gasteiger partial charge in [0.05, 0.1) is 0 Å². The van der Waals surface area contributed by atoms with Gasteiger partial charge >= 0.3 is 0 Å². The van der Waals surface area contributed by atoms with Gasteiger partial charge in [-0.2, -0.15) is 0 Å². The molecule has 1 aromatic carbocycles. The first-order valence-electron chi connectivity index (χ1n) is 8.18. The van der Waals surface area contributed by atoms with Crippen molar-refractivity contribution >= 4 is 5.69 Å². The van der Waals surface area contributed by atoms with Crippen LogP contribution in [-0.4, -0.2) is 49.2 Å². The van der Waals surface area contributed by atoms with Crippen LogP contribution in [0.5, 0.6) is 0 Å². The van der Waals surface area contributed by atoms with E-state index < -0.39 is 0 Å². The molecule has 2 atom stereocenters. The molecule has 4 rings (SSSR count). The molecular formula is C17H25N3. The lowest BCUT2D eigenvalue weighted by Gasteiger charge is -2.43. The number of nitrogens with one attached hydrogen (secondary N) is 1. The molecule has 3 heteroatoms. The van der Waals surface area contributed by atoms with Crippen LogP contribution >= 0.6 is 0 Å². The van der Waals surface area contributed by atoms with Crippen molar-refractivity contribution < 1.29 is 0 Å². The second-order valence-corrected chi connectivity index (χ2v) is 6.62. The van der Waals surface area contributed by atoms with Crippen LogP contribution in [0, 0.1) is 0 Å². The minimum absolute atomic E-state index is 0.811. The van der Waals surface area contributed by atoms with Gasteiger partial charge in [0.1, 0.15) is 0 Å². The lowest BCUT2D eigenvalue weighted by molar-refractivity contribution is 0.134. The quantitative estimate of drug-likeness (QED) is 0.888. The highest BCUT2D eigenvalue weighted by Gasteiger charge is 2.36. The maximum atomic E-state index is 3.76. The van der Waals surface area contributed by atoms with E-state index in [1.165, 1.54) is 57.5 Å². The van der Waals surface area contributed by atoms with Crippen molar-refractivity contribution in [3.8, 4) is 0 Å². The molecule has 2 bridgehead atoms. The fourth-order valence-electron chi connectivity index (χ4n) is 4.31. The summed E-state index contributed by atoms with van der Waals surface area (Å²) in [6.45, 7) is 4.84. The molecule has 0 aliphatic carbocycles. The zero-order valence-electron chi connectivity index (χ0n) is 12.2. The highest BCUT2D eigenvalue weighted by molar-refractivity contribution is 5.46. The lowest BCUT2D eigenvalue weighted by Crippen LogP contribution is -2.54. The summed E-state index contributed by atoms with van der Waals surface area (Å²) in [5.74, 6) is 0. The summed E-state index contributed by atoms with van der Waals surface area (Å²) >= 11 is 0. The topological polar surface area (TPSA) is 18.5 Å². The average Bonchev–Trinajstić information content (AvgIpc) is 2.87. The van der Waals surface area contributed by atoms with Crippen molar-refractivity contribution in [1.29, 1.82) is 0 Å². The zero-order chi connectivity index (χ0) is 13.4. The number of piperazine rings is 1. The van der Waals surface area contributed by atoms with Crippen LogP contribution in [0.25, 0.3) is 0 Å². The van der Waals surface area contributed by atoms with Crippen molar-refractivity contribution in [2.75, 3.05) is 31.1 Å². The van der Waals surface area contributed by atoms with Gasteiger partial charge in [0, 0.05) is 50.0 Å². The molecule has 3 nitrogen and oxygen atoms in total. The second kappa shape index (κ2) is 5.38. The Morgan fingerprint density at radius 3 is 2.15 bits per heavy atom. The fourth-order valence-corrected chi connectivity index (χ4v) is 4.31. The predicted octanol–water partition coefficient (Wildman–Crippen LogP) is 2.09. The number of nitrogens with zero attached hydrogens (tertiary/aromatic N) is 2. The summed E-state index contributed by atoms with van der Waals surface area (Å²) in [6.07, 6.45) is 5.57. The van der Waals surface area contributed by atoms with E-state index in [2.05, 4.69) is 45.4 Å². The third kappa shape index (κ3) is 2.45. The number of para-hydroxylation sites is 1. The van der Waals surface area contributed by atoms with Crippen molar-refractivity contribution in [1.82, 2.24) is 10.2 Å². The number of anilines is 1.